The lowest BCUT2D eigenvalue weighted by atomic mass is 10.1. The molecule has 2 aliphatic rings. The molecule has 0 saturated carbocycles. The number of nitrogens with one attached hydrogen (secondary N) is 1. The lowest BCUT2D eigenvalue weighted by molar-refractivity contribution is 0.0376. The van der Waals surface area contributed by atoms with Crippen LogP contribution < -0.4 is 0 Å². The van der Waals surface area contributed by atoms with Crippen LogP contribution in [0, 0.1) is 13.8 Å². The van der Waals surface area contributed by atoms with E-state index in [1.807, 2.05) is 18.7 Å². The number of hydrogen-bond donors (Lipinski definition) is 1. The Morgan fingerprint density at radius 3 is 2.52 bits per heavy atom. The van der Waals surface area contributed by atoms with Crippen LogP contribution in [0.2, 0.25) is 0 Å². The second-order valence-corrected chi connectivity index (χ2v) is 7.81. The first-order valence-corrected chi connectivity index (χ1v) is 9.90. The van der Waals surface area contributed by atoms with E-state index in [1.54, 1.807) is 13.8 Å². The monoisotopic (exact) mass is 377 g/mol. The summed E-state index contributed by atoms with van der Waals surface area (Å²) in [4.78, 5) is 32.7. The van der Waals surface area contributed by atoms with Gasteiger partial charge in [-0.3, -0.25) is 9.69 Å². The van der Waals surface area contributed by atoms with Gasteiger partial charge >= 0.3 is 5.97 Å². The minimum atomic E-state index is -0.378. The highest BCUT2D eigenvalue weighted by molar-refractivity contribution is 6.00. The molecule has 1 N–H and O–H groups in total. The smallest absolute Gasteiger partial charge is 0.340 e. The molecule has 0 spiro atoms. The Balaban J connectivity index is 1.62. The third-order valence-corrected chi connectivity index (χ3v) is 5.34. The number of aromatic nitrogens is 1. The second kappa shape index (κ2) is 8.44. The molecular weight excluding hydrogens is 346 g/mol. The molecule has 0 radical (unpaired) electrons. The van der Waals surface area contributed by atoms with Crippen molar-refractivity contribution in [1.82, 2.24) is 14.8 Å². The summed E-state index contributed by atoms with van der Waals surface area (Å²) in [6.07, 6.45) is 2.43. The molecule has 2 saturated heterocycles. The number of carbonyl (C=O) groups excluding carboxylic acids is 2. The second-order valence-electron chi connectivity index (χ2n) is 7.81. The summed E-state index contributed by atoms with van der Waals surface area (Å²) in [7, 11) is 0. The van der Waals surface area contributed by atoms with Crippen LogP contribution in [0.15, 0.2) is 0 Å². The number of ether oxygens (including phenoxy) is 2. The summed E-state index contributed by atoms with van der Waals surface area (Å²) >= 11 is 0. The highest BCUT2D eigenvalue weighted by Crippen LogP contribution is 2.22. The molecule has 3 rings (SSSR count). The number of hydrogen-bond acceptors (Lipinski definition) is 5. The van der Waals surface area contributed by atoms with Gasteiger partial charge in [0, 0.05) is 45.0 Å². The minimum absolute atomic E-state index is 0.0454. The van der Waals surface area contributed by atoms with Crippen molar-refractivity contribution in [2.75, 3.05) is 39.3 Å². The molecule has 1 aromatic heterocycles. The predicted molar refractivity (Wildman–Crippen MR) is 102 cm³/mol. The van der Waals surface area contributed by atoms with Crippen LogP contribution >= 0.6 is 0 Å². The highest BCUT2D eigenvalue weighted by atomic mass is 16.5. The standard InChI is InChI=1S/C20H31N3O4/c1-13(2)27-20(25)17-14(3)18(21-15(17)4)19(24)23-9-7-22(8-10-23)12-16-6-5-11-26-16/h13,16,21H,5-12H2,1-4H3. The zero-order chi connectivity index (χ0) is 19.6. The van der Waals surface area contributed by atoms with E-state index >= 15 is 0 Å². The van der Waals surface area contributed by atoms with Crippen LogP contribution in [-0.2, 0) is 9.47 Å². The molecule has 1 unspecified atom stereocenters. The maximum atomic E-state index is 13.0. The molecule has 2 fully saturated rings. The van der Waals surface area contributed by atoms with Crippen molar-refractivity contribution < 1.29 is 19.1 Å². The van der Waals surface area contributed by atoms with Crippen LogP contribution in [0.25, 0.3) is 0 Å². The van der Waals surface area contributed by atoms with Gasteiger partial charge in [-0.25, -0.2) is 4.79 Å². The molecule has 1 amide bonds. The fourth-order valence-electron chi connectivity index (χ4n) is 3.91. The third-order valence-electron chi connectivity index (χ3n) is 5.34. The Kier molecular flexibility index (Phi) is 6.22. The van der Waals surface area contributed by atoms with Gasteiger partial charge in [-0.2, -0.15) is 0 Å². The number of H-pyrrole nitrogens is 1. The summed E-state index contributed by atoms with van der Waals surface area (Å²) in [5, 5.41) is 0. The Hall–Kier alpha value is -1.86. The van der Waals surface area contributed by atoms with Crippen molar-refractivity contribution in [2.45, 2.75) is 52.7 Å². The summed E-state index contributed by atoms with van der Waals surface area (Å²) in [5.74, 6) is -0.423. The Bertz CT molecular complexity index is 684. The van der Waals surface area contributed by atoms with E-state index in [9.17, 15) is 9.59 Å². The molecule has 7 heteroatoms. The van der Waals surface area contributed by atoms with Crippen molar-refractivity contribution in [3.8, 4) is 0 Å². The van der Waals surface area contributed by atoms with E-state index in [4.69, 9.17) is 9.47 Å². The predicted octanol–water partition coefficient (Wildman–Crippen LogP) is 2.13. The van der Waals surface area contributed by atoms with Gasteiger partial charge in [0.2, 0.25) is 0 Å². The fraction of sp³-hybridized carbons (Fsp3) is 0.700. The third kappa shape index (κ3) is 4.52. The molecule has 7 nitrogen and oxygen atoms in total. The van der Waals surface area contributed by atoms with Crippen molar-refractivity contribution in [3.05, 3.63) is 22.5 Å². The maximum absolute atomic E-state index is 13.0. The first-order chi connectivity index (χ1) is 12.9. The number of amides is 1. The fourth-order valence-corrected chi connectivity index (χ4v) is 3.91. The van der Waals surface area contributed by atoms with Crippen LogP contribution in [0.1, 0.15) is 58.8 Å². The van der Waals surface area contributed by atoms with Crippen LogP contribution in [0.5, 0.6) is 0 Å². The van der Waals surface area contributed by atoms with Gasteiger partial charge in [0.25, 0.3) is 5.91 Å². The van der Waals surface area contributed by atoms with Crippen molar-refractivity contribution in [1.29, 1.82) is 0 Å². The van der Waals surface area contributed by atoms with E-state index < -0.39 is 0 Å². The molecule has 1 atom stereocenters. The Morgan fingerprint density at radius 1 is 1.22 bits per heavy atom. The molecule has 1 aromatic rings. The zero-order valence-corrected chi connectivity index (χ0v) is 16.8. The van der Waals surface area contributed by atoms with Crippen molar-refractivity contribution >= 4 is 11.9 Å². The van der Waals surface area contributed by atoms with E-state index in [0.29, 0.717) is 41.7 Å². The summed E-state index contributed by atoms with van der Waals surface area (Å²) in [5.41, 5.74) is 2.32. The number of esters is 1. The number of aromatic amines is 1. The van der Waals surface area contributed by atoms with Crippen molar-refractivity contribution in [2.24, 2.45) is 0 Å². The Labute approximate surface area is 161 Å². The highest BCUT2D eigenvalue weighted by Gasteiger charge is 2.29. The van der Waals surface area contributed by atoms with E-state index in [-0.39, 0.29) is 18.0 Å². The van der Waals surface area contributed by atoms with Crippen LogP contribution in [-0.4, -0.2) is 78.2 Å². The van der Waals surface area contributed by atoms with Gasteiger partial charge < -0.3 is 19.4 Å². The van der Waals surface area contributed by atoms with Gasteiger partial charge in [-0.05, 0) is 46.1 Å². The molecular formula is C20H31N3O4. The summed E-state index contributed by atoms with van der Waals surface area (Å²) in [6, 6.07) is 0. The van der Waals surface area contributed by atoms with Crippen LogP contribution in [0.4, 0.5) is 0 Å². The first-order valence-electron chi connectivity index (χ1n) is 9.90. The number of carbonyl (C=O) groups is 2. The molecule has 150 valence electrons. The summed E-state index contributed by atoms with van der Waals surface area (Å²) < 4.78 is 11.0. The van der Waals surface area contributed by atoms with Gasteiger partial charge in [-0.1, -0.05) is 0 Å². The average Bonchev–Trinajstić information content (AvgIpc) is 3.22. The lowest BCUT2D eigenvalue weighted by Gasteiger charge is -2.35. The molecule has 27 heavy (non-hydrogen) atoms. The normalized spacial score (nSPS) is 21.1. The average molecular weight is 377 g/mol. The van der Waals surface area contributed by atoms with Gasteiger partial charge in [0.1, 0.15) is 5.69 Å². The van der Waals surface area contributed by atoms with Crippen LogP contribution in [0.3, 0.4) is 0 Å². The number of rotatable bonds is 5. The van der Waals surface area contributed by atoms with Gasteiger partial charge in [0.05, 0.1) is 17.8 Å². The van der Waals surface area contributed by atoms with Crippen molar-refractivity contribution in [3.63, 3.8) is 0 Å². The maximum Gasteiger partial charge on any atom is 0.340 e. The molecule has 0 aromatic carbocycles. The van der Waals surface area contributed by atoms with E-state index in [2.05, 4.69) is 9.88 Å². The molecule has 3 heterocycles. The van der Waals surface area contributed by atoms with E-state index in [0.717, 1.165) is 39.1 Å². The number of aryl methyl sites for hydroxylation is 1. The topological polar surface area (TPSA) is 74.9 Å². The first kappa shape index (κ1) is 19.9. The largest absolute Gasteiger partial charge is 0.459 e. The van der Waals surface area contributed by atoms with Gasteiger partial charge in [-0.15, -0.1) is 0 Å². The zero-order valence-electron chi connectivity index (χ0n) is 16.8. The number of piperazine rings is 1. The summed E-state index contributed by atoms with van der Waals surface area (Å²) in [6.45, 7) is 12.2. The Morgan fingerprint density at radius 2 is 1.93 bits per heavy atom. The molecule has 2 aliphatic heterocycles. The molecule has 0 bridgehead atoms. The lowest BCUT2D eigenvalue weighted by Crippen LogP contribution is -2.50. The van der Waals surface area contributed by atoms with Gasteiger partial charge in [0.15, 0.2) is 0 Å². The van der Waals surface area contributed by atoms with E-state index in [1.165, 1.54) is 0 Å². The minimum Gasteiger partial charge on any atom is -0.459 e. The number of nitrogens with zero attached hydrogens (tertiary/aromatic N) is 2. The SMILES string of the molecule is Cc1[nH]c(C(=O)N2CCN(CC3CCCO3)CC2)c(C)c1C(=O)OC(C)C. The molecule has 0 aliphatic carbocycles. The quantitative estimate of drug-likeness (QED) is 0.796.